The van der Waals surface area contributed by atoms with Gasteiger partial charge in [0.05, 0.1) is 19.1 Å². The van der Waals surface area contributed by atoms with E-state index in [0.29, 0.717) is 37.6 Å². The Balaban J connectivity index is 1.60. The highest BCUT2D eigenvalue weighted by atomic mass is 16.6. The number of hydrogen-bond acceptors (Lipinski definition) is 7. The molecular formula is C30H38N4O5. The fourth-order valence-corrected chi connectivity index (χ4v) is 4.75. The van der Waals surface area contributed by atoms with Gasteiger partial charge in [-0.1, -0.05) is 35.5 Å². The van der Waals surface area contributed by atoms with Gasteiger partial charge in [-0.25, -0.2) is 4.79 Å². The van der Waals surface area contributed by atoms with Gasteiger partial charge in [0.25, 0.3) is 0 Å². The normalized spacial score (nSPS) is 14.6. The zero-order chi connectivity index (χ0) is 28.3. The van der Waals surface area contributed by atoms with Crippen LogP contribution < -0.4 is 4.74 Å². The molecule has 1 atom stereocenters. The summed E-state index contributed by atoms with van der Waals surface area (Å²) in [5, 5.41) is 4.28. The van der Waals surface area contributed by atoms with Gasteiger partial charge in [-0.3, -0.25) is 9.69 Å². The summed E-state index contributed by atoms with van der Waals surface area (Å²) in [5.74, 6) is 1.70. The van der Waals surface area contributed by atoms with Crippen molar-refractivity contribution in [2.45, 2.75) is 65.5 Å². The number of benzene rings is 2. The summed E-state index contributed by atoms with van der Waals surface area (Å²) >= 11 is 0. The van der Waals surface area contributed by atoms with Crippen LogP contribution in [0, 0.1) is 6.92 Å². The van der Waals surface area contributed by atoms with Crippen LogP contribution in [0.5, 0.6) is 5.75 Å². The van der Waals surface area contributed by atoms with E-state index >= 15 is 0 Å². The number of hydrogen-bond donors (Lipinski definition) is 0. The van der Waals surface area contributed by atoms with E-state index in [2.05, 4.69) is 5.16 Å². The Kier molecular flexibility index (Phi) is 8.28. The van der Waals surface area contributed by atoms with Gasteiger partial charge in [0.15, 0.2) is 0 Å². The Morgan fingerprint density at radius 1 is 1.15 bits per heavy atom. The second kappa shape index (κ2) is 11.5. The third-order valence-corrected chi connectivity index (χ3v) is 6.66. The number of fused-ring (bicyclic) bond motifs is 1. The number of aryl methyl sites for hydroxylation is 1. The van der Waals surface area contributed by atoms with Gasteiger partial charge in [-0.15, -0.1) is 0 Å². The van der Waals surface area contributed by atoms with Crippen molar-refractivity contribution in [1.29, 1.82) is 0 Å². The Bertz CT molecular complexity index is 1340. The summed E-state index contributed by atoms with van der Waals surface area (Å²) in [6.07, 6.45) is 1.36. The highest BCUT2D eigenvalue weighted by Gasteiger charge is 2.36. The molecule has 4 rings (SSSR count). The first kappa shape index (κ1) is 28.1. The van der Waals surface area contributed by atoms with Gasteiger partial charge in [-0.2, -0.15) is 4.98 Å². The molecule has 0 spiro atoms. The van der Waals surface area contributed by atoms with E-state index in [-0.39, 0.29) is 18.5 Å². The van der Waals surface area contributed by atoms with Crippen LogP contribution in [-0.2, 0) is 22.4 Å². The van der Waals surface area contributed by atoms with Gasteiger partial charge in [0, 0.05) is 19.7 Å². The highest BCUT2D eigenvalue weighted by molar-refractivity contribution is 5.82. The van der Waals surface area contributed by atoms with Crippen molar-refractivity contribution in [1.82, 2.24) is 19.9 Å². The Labute approximate surface area is 230 Å². The van der Waals surface area contributed by atoms with Gasteiger partial charge in [0.1, 0.15) is 17.9 Å². The lowest BCUT2D eigenvalue weighted by Crippen LogP contribution is -2.44. The van der Waals surface area contributed by atoms with Crippen molar-refractivity contribution in [2.75, 3.05) is 27.2 Å². The van der Waals surface area contributed by atoms with E-state index in [0.717, 1.165) is 33.6 Å². The van der Waals surface area contributed by atoms with Crippen molar-refractivity contribution >= 4 is 12.0 Å². The van der Waals surface area contributed by atoms with E-state index in [4.69, 9.17) is 19.0 Å². The maximum absolute atomic E-state index is 13.2. The number of ether oxygens (including phenoxy) is 2. The van der Waals surface area contributed by atoms with Crippen molar-refractivity contribution < 1.29 is 23.6 Å². The number of rotatable bonds is 8. The second-order valence-corrected chi connectivity index (χ2v) is 11.0. The molecule has 9 nitrogen and oxygen atoms in total. The minimum Gasteiger partial charge on any atom is -0.494 e. The van der Waals surface area contributed by atoms with E-state index in [1.165, 1.54) is 9.80 Å². The summed E-state index contributed by atoms with van der Waals surface area (Å²) < 4.78 is 17.0. The predicted molar refractivity (Wildman–Crippen MR) is 148 cm³/mol. The summed E-state index contributed by atoms with van der Waals surface area (Å²) in [7, 11) is 3.36. The number of nitrogens with zero attached hydrogens (tertiary/aromatic N) is 4. The molecule has 1 heterocycles. The molecule has 1 aliphatic carbocycles. The predicted octanol–water partition coefficient (Wildman–Crippen LogP) is 5.35. The number of amides is 2. The van der Waals surface area contributed by atoms with Crippen LogP contribution in [0.2, 0.25) is 0 Å². The first-order chi connectivity index (χ1) is 18.5. The molecule has 0 bridgehead atoms. The lowest BCUT2D eigenvalue weighted by molar-refractivity contribution is -0.130. The smallest absolute Gasteiger partial charge is 0.411 e. The molecule has 2 aromatic carbocycles. The molecule has 208 valence electrons. The molecule has 0 radical (unpaired) electrons. The van der Waals surface area contributed by atoms with Crippen molar-refractivity contribution in [2.24, 2.45) is 0 Å². The maximum Gasteiger partial charge on any atom is 0.411 e. The lowest BCUT2D eigenvalue weighted by Gasteiger charge is -2.32. The highest BCUT2D eigenvalue weighted by Crippen LogP contribution is 2.40. The molecular weight excluding hydrogens is 496 g/mol. The van der Waals surface area contributed by atoms with Crippen molar-refractivity contribution in [3.05, 3.63) is 64.5 Å². The van der Waals surface area contributed by atoms with Crippen LogP contribution in [0.15, 0.2) is 40.9 Å². The third kappa shape index (κ3) is 6.58. The summed E-state index contributed by atoms with van der Waals surface area (Å²) in [6.45, 7) is 9.97. The molecule has 2 amide bonds. The molecule has 0 saturated heterocycles. The number of likely N-dealkylation sites (N-methyl/N-ethyl adjacent to an activating group) is 1. The molecule has 0 fully saturated rings. The first-order valence-electron chi connectivity index (χ1n) is 13.3. The fourth-order valence-electron chi connectivity index (χ4n) is 4.75. The average Bonchev–Trinajstić information content (AvgIpc) is 3.50. The van der Waals surface area contributed by atoms with Crippen LogP contribution >= 0.6 is 0 Å². The van der Waals surface area contributed by atoms with Gasteiger partial charge < -0.3 is 18.9 Å². The Hall–Kier alpha value is -3.88. The Morgan fingerprint density at radius 3 is 2.62 bits per heavy atom. The zero-order valence-corrected chi connectivity index (χ0v) is 23.9. The van der Waals surface area contributed by atoms with Crippen LogP contribution in [-0.4, -0.2) is 64.8 Å². The molecule has 0 N–H and O–H groups in total. The van der Waals surface area contributed by atoms with Crippen LogP contribution in [0.25, 0.3) is 11.4 Å². The van der Waals surface area contributed by atoms with Crippen LogP contribution in [0.1, 0.15) is 68.3 Å². The summed E-state index contributed by atoms with van der Waals surface area (Å²) in [5.41, 5.74) is 4.31. The molecule has 1 aromatic heterocycles. The second-order valence-electron chi connectivity index (χ2n) is 11.0. The van der Waals surface area contributed by atoms with Crippen molar-refractivity contribution in [3.8, 4) is 17.1 Å². The van der Waals surface area contributed by atoms with Gasteiger partial charge in [0.2, 0.25) is 17.6 Å². The van der Waals surface area contributed by atoms with E-state index in [1.54, 1.807) is 14.1 Å². The first-order valence-corrected chi connectivity index (χ1v) is 13.3. The fraction of sp³-hybridized carbons (Fsp3) is 0.467. The zero-order valence-electron chi connectivity index (χ0n) is 23.9. The quantitative estimate of drug-likeness (QED) is 0.384. The minimum atomic E-state index is -0.679. The molecule has 39 heavy (non-hydrogen) atoms. The van der Waals surface area contributed by atoms with E-state index in [9.17, 15) is 9.59 Å². The largest absolute Gasteiger partial charge is 0.494 e. The molecule has 9 heteroatoms. The minimum absolute atomic E-state index is 0.0666. The standard InChI is InChI=1S/C30H38N4O5/c1-8-37-25-16-20(13-12-19(25)2)17-26-31-28(32-39-26)23-11-9-10-22-21(23)14-15-24(22)34(18-27(35)33(6)7)29(36)38-30(3,4)5/h9-13,16,24H,8,14-15,17-18H2,1-7H3/t24-/m0/s1. The van der Waals surface area contributed by atoms with Crippen LogP contribution in [0.3, 0.4) is 0 Å². The van der Waals surface area contributed by atoms with E-state index in [1.807, 2.05) is 71.0 Å². The molecule has 0 saturated carbocycles. The molecule has 1 aliphatic rings. The Morgan fingerprint density at radius 2 is 1.92 bits per heavy atom. The SMILES string of the molecule is CCOc1cc(Cc2nc(-c3cccc4c3CC[C@@H]4N(CC(=O)N(C)C)C(=O)OC(C)(C)C)no2)ccc1C. The van der Waals surface area contributed by atoms with Gasteiger partial charge >= 0.3 is 6.09 Å². The topological polar surface area (TPSA) is 98.0 Å². The molecule has 0 aliphatic heterocycles. The molecule has 0 unspecified atom stereocenters. The maximum atomic E-state index is 13.2. The average molecular weight is 535 g/mol. The van der Waals surface area contributed by atoms with Crippen LogP contribution in [0.4, 0.5) is 4.79 Å². The van der Waals surface area contributed by atoms with Gasteiger partial charge in [-0.05, 0) is 75.8 Å². The molecule has 3 aromatic rings. The lowest BCUT2D eigenvalue weighted by atomic mass is 10.0. The number of carbonyl (C=O) groups excluding carboxylic acids is 2. The summed E-state index contributed by atoms with van der Waals surface area (Å²) in [4.78, 5) is 33.6. The summed E-state index contributed by atoms with van der Waals surface area (Å²) in [6, 6.07) is 11.7. The van der Waals surface area contributed by atoms with E-state index < -0.39 is 11.7 Å². The number of aromatic nitrogens is 2. The number of carbonyl (C=O) groups is 2. The third-order valence-electron chi connectivity index (χ3n) is 6.66. The monoisotopic (exact) mass is 534 g/mol. The van der Waals surface area contributed by atoms with Crippen molar-refractivity contribution in [3.63, 3.8) is 0 Å².